The van der Waals surface area contributed by atoms with Gasteiger partial charge in [-0.1, -0.05) is 59.6 Å². The maximum atomic E-state index is 13.6. The summed E-state index contributed by atoms with van der Waals surface area (Å²) >= 11 is 12.7. The van der Waals surface area contributed by atoms with Gasteiger partial charge in [0, 0.05) is 26.7 Å². The van der Waals surface area contributed by atoms with Gasteiger partial charge in [0.25, 0.3) is 5.91 Å². The first-order chi connectivity index (χ1) is 15.4. The van der Waals surface area contributed by atoms with Gasteiger partial charge in [0.2, 0.25) is 0 Å². The third kappa shape index (κ3) is 4.06. The monoisotopic (exact) mass is 469 g/mol. The summed E-state index contributed by atoms with van der Waals surface area (Å²) in [7, 11) is 1.52. The van der Waals surface area contributed by atoms with E-state index in [1.807, 2.05) is 30.3 Å². The Balaban J connectivity index is 1.75. The van der Waals surface area contributed by atoms with Gasteiger partial charge in [-0.2, -0.15) is 0 Å². The number of methoxy groups -OCH3 is 1. The van der Waals surface area contributed by atoms with Crippen molar-refractivity contribution in [3.05, 3.63) is 87.9 Å². The van der Waals surface area contributed by atoms with Crippen molar-refractivity contribution in [2.24, 2.45) is 0 Å². The van der Waals surface area contributed by atoms with E-state index in [4.69, 9.17) is 27.9 Å². The molecule has 0 saturated carbocycles. The van der Waals surface area contributed by atoms with E-state index in [1.54, 1.807) is 36.4 Å². The van der Waals surface area contributed by atoms with E-state index in [2.05, 4.69) is 0 Å². The number of carboxylic acid groups (broad SMARTS) is 1. The van der Waals surface area contributed by atoms with Gasteiger partial charge in [0.1, 0.15) is 11.8 Å². The average Bonchev–Trinajstić information content (AvgIpc) is 3.24. The summed E-state index contributed by atoms with van der Waals surface area (Å²) in [6, 6.07) is 18.3. The third-order valence-corrected chi connectivity index (χ3v) is 6.46. The molecule has 1 aliphatic heterocycles. The van der Waals surface area contributed by atoms with Gasteiger partial charge >= 0.3 is 5.97 Å². The molecule has 1 heterocycles. The molecule has 1 aliphatic rings. The highest BCUT2D eigenvalue weighted by Crippen LogP contribution is 2.41. The lowest BCUT2D eigenvalue weighted by molar-refractivity contribution is -0.141. The van der Waals surface area contributed by atoms with E-state index >= 15 is 0 Å². The van der Waals surface area contributed by atoms with Crippen LogP contribution in [0.15, 0.2) is 66.7 Å². The topological polar surface area (TPSA) is 66.8 Å². The second-order valence-electron chi connectivity index (χ2n) is 7.58. The van der Waals surface area contributed by atoms with Crippen LogP contribution in [0, 0.1) is 0 Å². The molecule has 0 aromatic heterocycles. The van der Waals surface area contributed by atoms with Gasteiger partial charge < -0.3 is 14.7 Å². The van der Waals surface area contributed by atoms with Crippen LogP contribution in [0.4, 0.5) is 0 Å². The lowest BCUT2D eigenvalue weighted by Crippen LogP contribution is -2.41. The van der Waals surface area contributed by atoms with E-state index < -0.39 is 18.1 Å². The number of ether oxygens (including phenoxy) is 1. The van der Waals surface area contributed by atoms with Crippen LogP contribution in [0.2, 0.25) is 10.0 Å². The number of amides is 1. The maximum absolute atomic E-state index is 13.6. The number of rotatable bonds is 5. The summed E-state index contributed by atoms with van der Waals surface area (Å²) < 4.78 is 5.55. The molecule has 164 valence electrons. The first-order valence-electron chi connectivity index (χ1n) is 10.1. The molecular formula is C25H21Cl2NO4. The first kappa shape index (κ1) is 22.2. The summed E-state index contributed by atoms with van der Waals surface area (Å²) in [4.78, 5) is 26.9. The van der Waals surface area contributed by atoms with Gasteiger partial charge in [-0.25, -0.2) is 4.79 Å². The molecule has 0 radical (unpaired) electrons. The molecule has 2 unspecified atom stereocenters. The standard InChI is InChI=1S/C25H21Cl2NO4/c1-32-23-14-15(10-11-17(23)16-6-2-4-8-19(16)26)24(29)28-21(12-13-22(28)25(30)31)18-7-3-5-9-20(18)27/h2-11,14,21-22H,12-13H2,1H3,(H,30,31). The van der Waals surface area contributed by atoms with E-state index in [9.17, 15) is 14.7 Å². The molecule has 1 saturated heterocycles. The number of carbonyl (C=O) groups is 2. The summed E-state index contributed by atoms with van der Waals surface area (Å²) in [5.74, 6) is -0.944. The quantitative estimate of drug-likeness (QED) is 0.490. The smallest absolute Gasteiger partial charge is 0.326 e. The van der Waals surface area contributed by atoms with Crippen molar-refractivity contribution in [1.82, 2.24) is 4.90 Å². The Labute approximate surface area is 196 Å². The summed E-state index contributed by atoms with van der Waals surface area (Å²) in [5.41, 5.74) is 2.60. The highest BCUT2D eigenvalue weighted by molar-refractivity contribution is 6.33. The van der Waals surface area contributed by atoms with E-state index in [0.29, 0.717) is 34.2 Å². The predicted molar refractivity (Wildman–Crippen MR) is 124 cm³/mol. The molecule has 0 aliphatic carbocycles. The van der Waals surface area contributed by atoms with Crippen LogP contribution >= 0.6 is 23.2 Å². The zero-order valence-electron chi connectivity index (χ0n) is 17.3. The molecule has 3 aromatic rings. The highest BCUT2D eigenvalue weighted by Gasteiger charge is 2.42. The highest BCUT2D eigenvalue weighted by atomic mass is 35.5. The summed E-state index contributed by atoms with van der Waals surface area (Å²) in [5, 5.41) is 10.8. The molecule has 4 rings (SSSR count). The molecule has 1 amide bonds. The summed E-state index contributed by atoms with van der Waals surface area (Å²) in [6.07, 6.45) is 0.868. The van der Waals surface area contributed by atoms with Gasteiger partial charge in [-0.05, 0) is 48.7 Å². The maximum Gasteiger partial charge on any atom is 0.326 e. The Morgan fingerprint density at radius 1 is 0.938 bits per heavy atom. The minimum atomic E-state index is -1.03. The van der Waals surface area contributed by atoms with Crippen LogP contribution in [-0.4, -0.2) is 35.0 Å². The number of carbonyl (C=O) groups excluding carboxylic acids is 1. The molecule has 0 bridgehead atoms. The van der Waals surface area contributed by atoms with Crippen LogP contribution in [0.3, 0.4) is 0 Å². The van der Waals surface area contributed by atoms with Crippen molar-refractivity contribution in [2.45, 2.75) is 24.9 Å². The fourth-order valence-electron chi connectivity index (χ4n) is 4.26. The fourth-order valence-corrected chi connectivity index (χ4v) is 4.76. The second kappa shape index (κ2) is 9.23. The van der Waals surface area contributed by atoms with E-state index in [0.717, 1.165) is 16.7 Å². The van der Waals surface area contributed by atoms with Crippen LogP contribution in [-0.2, 0) is 4.79 Å². The Bertz CT molecular complexity index is 1180. The van der Waals surface area contributed by atoms with Gasteiger partial charge in [0.15, 0.2) is 0 Å². The number of hydrogen-bond donors (Lipinski definition) is 1. The normalized spacial score (nSPS) is 17.9. The predicted octanol–water partition coefficient (Wildman–Crippen LogP) is 6.10. The number of aliphatic carboxylic acids is 1. The lowest BCUT2D eigenvalue weighted by Gasteiger charge is -2.29. The molecule has 32 heavy (non-hydrogen) atoms. The number of halogens is 2. The van der Waals surface area contributed by atoms with Crippen molar-refractivity contribution in [1.29, 1.82) is 0 Å². The minimum Gasteiger partial charge on any atom is -0.496 e. The Kier molecular flexibility index (Phi) is 6.40. The van der Waals surface area contributed by atoms with Gasteiger partial charge in [-0.15, -0.1) is 0 Å². The molecule has 1 fully saturated rings. The Hall–Kier alpha value is -3.02. The number of likely N-dealkylation sites (tertiary alicyclic amines) is 1. The van der Waals surface area contributed by atoms with E-state index in [1.165, 1.54) is 12.0 Å². The van der Waals surface area contributed by atoms with Crippen molar-refractivity contribution in [3.8, 4) is 16.9 Å². The number of benzene rings is 3. The Morgan fingerprint density at radius 3 is 2.28 bits per heavy atom. The SMILES string of the molecule is COc1cc(C(=O)N2C(C(=O)O)CCC2c2ccccc2Cl)ccc1-c1ccccc1Cl. The third-order valence-electron chi connectivity index (χ3n) is 5.78. The van der Waals surface area contributed by atoms with Crippen molar-refractivity contribution in [2.75, 3.05) is 7.11 Å². The Morgan fingerprint density at radius 2 is 1.62 bits per heavy atom. The fraction of sp³-hybridized carbons (Fsp3) is 0.200. The zero-order chi connectivity index (χ0) is 22.8. The lowest BCUT2D eigenvalue weighted by atomic mass is 10.0. The molecule has 5 nitrogen and oxygen atoms in total. The summed E-state index contributed by atoms with van der Waals surface area (Å²) in [6.45, 7) is 0. The molecule has 1 N–H and O–H groups in total. The van der Waals surface area contributed by atoms with E-state index in [-0.39, 0.29) is 5.91 Å². The van der Waals surface area contributed by atoms with Crippen LogP contribution in [0.25, 0.3) is 11.1 Å². The number of hydrogen-bond acceptors (Lipinski definition) is 3. The first-order valence-corrected chi connectivity index (χ1v) is 10.9. The molecule has 0 spiro atoms. The number of carboxylic acids is 1. The molecular weight excluding hydrogens is 449 g/mol. The van der Waals surface area contributed by atoms with Gasteiger partial charge in [0.05, 0.1) is 13.2 Å². The largest absolute Gasteiger partial charge is 0.496 e. The molecule has 2 atom stereocenters. The number of nitrogens with zero attached hydrogens (tertiary/aromatic N) is 1. The van der Waals surface area contributed by atoms with Crippen molar-refractivity contribution < 1.29 is 19.4 Å². The van der Waals surface area contributed by atoms with Crippen molar-refractivity contribution >= 4 is 35.1 Å². The van der Waals surface area contributed by atoms with Crippen LogP contribution in [0.1, 0.15) is 34.8 Å². The van der Waals surface area contributed by atoms with Crippen LogP contribution in [0.5, 0.6) is 5.75 Å². The van der Waals surface area contributed by atoms with Gasteiger partial charge in [-0.3, -0.25) is 4.79 Å². The van der Waals surface area contributed by atoms with Crippen LogP contribution < -0.4 is 4.74 Å². The average molecular weight is 470 g/mol. The zero-order valence-corrected chi connectivity index (χ0v) is 18.8. The van der Waals surface area contributed by atoms with Crippen molar-refractivity contribution in [3.63, 3.8) is 0 Å². The second-order valence-corrected chi connectivity index (χ2v) is 8.39. The minimum absolute atomic E-state index is 0.336. The molecule has 3 aromatic carbocycles. The molecule has 7 heteroatoms.